The van der Waals surface area contributed by atoms with E-state index < -0.39 is 11.6 Å². The number of likely N-dealkylation sites (tertiary alicyclic amines) is 1. The third-order valence-corrected chi connectivity index (χ3v) is 4.80. The number of carbonyl (C=O) groups is 2. The van der Waals surface area contributed by atoms with Crippen molar-refractivity contribution in [2.45, 2.75) is 38.8 Å². The van der Waals surface area contributed by atoms with Crippen molar-refractivity contribution in [1.82, 2.24) is 9.88 Å². The second-order valence-corrected chi connectivity index (χ2v) is 6.69. The zero-order valence-electron chi connectivity index (χ0n) is 15.1. The lowest BCUT2D eigenvalue weighted by Gasteiger charge is -2.33. The molecule has 1 aromatic carbocycles. The molecule has 2 amide bonds. The fourth-order valence-electron chi connectivity index (χ4n) is 3.15. The molecule has 1 aliphatic heterocycles. The van der Waals surface area contributed by atoms with Crippen molar-refractivity contribution in [2.75, 3.05) is 11.9 Å². The molecular formula is C20H23N3O3. The number of nitrogens with one attached hydrogen (secondary N) is 1. The number of hydrogen-bond donors (Lipinski definition) is 1. The molecule has 6 heteroatoms. The normalized spacial score (nSPS) is 19.2. The molecule has 0 saturated carbocycles. The molecule has 2 heterocycles. The van der Waals surface area contributed by atoms with Crippen LogP contribution in [0.2, 0.25) is 0 Å². The summed E-state index contributed by atoms with van der Waals surface area (Å²) >= 11 is 0. The van der Waals surface area contributed by atoms with Crippen molar-refractivity contribution in [1.29, 1.82) is 0 Å². The molecule has 1 atom stereocenters. The highest BCUT2D eigenvalue weighted by molar-refractivity contribution is 5.99. The number of benzene rings is 1. The van der Waals surface area contributed by atoms with Crippen LogP contribution in [0.4, 0.5) is 10.6 Å². The van der Waals surface area contributed by atoms with E-state index in [1.165, 1.54) is 4.90 Å². The Morgan fingerprint density at radius 3 is 2.73 bits per heavy atom. The maximum atomic E-state index is 12.9. The van der Waals surface area contributed by atoms with E-state index in [0.29, 0.717) is 18.8 Å². The summed E-state index contributed by atoms with van der Waals surface area (Å²) in [7, 11) is 0. The number of rotatable bonds is 4. The van der Waals surface area contributed by atoms with Crippen molar-refractivity contribution in [3.05, 3.63) is 59.8 Å². The van der Waals surface area contributed by atoms with Crippen LogP contribution in [0.5, 0.6) is 0 Å². The van der Waals surface area contributed by atoms with E-state index in [9.17, 15) is 9.59 Å². The summed E-state index contributed by atoms with van der Waals surface area (Å²) in [6, 6.07) is 13.2. The van der Waals surface area contributed by atoms with Crippen LogP contribution >= 0.6 is 0 Å². The fourth-order valence-corrected chi connectivity index (χ4v) is 3.15. The molecule has 1 fully saturated rings. The largest absolute Gasteiger partial charge is 0.445 e. The van der Waals surface area contributed by atoms with Crippen LogP contribution in [0.25, 0.3) is 0 Å². The van der Waals surface area contributed by atoms with Gasteiger partial charge >= 0.3 is 6.09 Å². The molecule has 3 rings (SSSR count). The topological polar surface area (TPSA) is 71.5 Å². The Morgan fingerprint density at radius 2 is 2.00 bits per heavy atom. The van der Waals surface area contributed by atoms with Gasteiger partial charge in [0.15, 0.2) is 0 Å². The van der Waals surface area contributed by atoms with Gasteiger partial charge in [-0.2, -0.15) is 0 Å². The first-order chi connectivity index (χ1) is 12.5. The van der Waals surface area contributed by atoms with Crippen molar-refractivity contribution in [3.63, 3.8) is 0 Å². The zero-order valence-corrected chi connectivity index (χ0v) is 15.1. The summed E-state index contributed by atoms with van der Waals surface area (Å²) < 4.78 is 5.42. The molecule has 0 radical (unpaired) electrons. The number of anilines is 1. The molecule has 1 aliphatic rings. The minimum atomic E-state index is -0.947. The van der Waals surface area contributed by atoms with E-state index in [0.717, 1.165) is 17.5 Å². The van der Waals surface area contributed by atoms with Gasteiger partial charge in [0.2, 0.25) is 0 Å². The van der Waals surface area contributed by atoms with Crippen LogP contribution in [-0.4, -0.2) is 34.0 Å². The monoisotopic (exact) mass is 353 g/mol. The van der Waals surface area contributed by atoms with Crippen LogP contribution < -0.4 is 5.32 Å². The van der Waals surface area contributed by atoms with Gasteiger partial charge in [0, 0.05) is 12.7 Å². The molecule has 0 bridgehead atoms. The number of aromatic nitrogens is 1. The molecule has 1 aromatic heterocycles. The van der Waals surface area contributed by atoms with Crippen LogP contribution in [0.1, 0.15) is 30.9 Å². The standard InChI is InChI=1S/C20H23N3O3/c1-15-8-6-12-21-17(15)22-18(24)20(2)11-7-13-23(20)19(25)26-14-16-9-4-3-5-10-16/h3-6,8-10,12H,7,11,13-14H2,1-2H3,(H,21,22,24). The average molecular weight is 353 g/mol. The molecule has 0 spiro atoms. The summed E-state index contributed by atoms with van der Waals surface area (Å²) in [5.74, 6) is 0.275. The summed E-state index contributed by atoms with van der Waals surface area (Å²) in [4.78, 5) is 31.2. The van der Waals surface area contributed by atoms with Gasteiger partial charge < -0.3 is 10.1 Å². The van der Waals surface area contributed by atoms with Gasteiger partial charge in [0.1, 0.15) is 18.0 Å². The molecule has 26 heavy (non-hydrogen) atoms. The predicted molar refractivity (Wildman–Crippen MR) is 98.6 cm³/mol. The number of ether oxygens (including phenoxy) is 1. The number of aryl methyl sites for hydroxylation is 1. The van der Waals surface area contributed by atoms with Crippen LogP contribution in [-0.2, 0) is 16.1 Å². The summed E-state index contributed by atoms with van der Waals surface area (Å²) in [5.41, 5.74) is 0.841. The highest BCUT2D eigenvalue weighted by Crippen LogP contribution is 2.31. The van der Waals surface area contributed by atoms with E-state index in [1.54, 1.807) is 13.1 Å². The second-order valence-electron chi connectivity index (χ2n) is 6.69. The Kier molecular flexibility index (Phi) is 5.21. The van der Waals surface area contributed by atoms with Crippen LogP contribution in [0.15, 0.2) is 48.7 Å². The van der Waals surface area contributed by atoms with Crippen molar-refractivity contribution in [2.24, 2.45) is 0 Å². The van der Waals surface area contributed by atoms with E-state index in [4.69, 9.17) is 4.74 Å². The van der Waals surface area contributed by atoms with E-state index in [-0.39, 0.29) is 12.5 Å². The lowest BCUT2D eigenvalue weighted by atomic mass is 9.98. The van der Waals surface area contributed by atoms with Gasteiger partial charge in [0.05, 0.1) is 0 Å². The fraction of sp³-hybridized carbons (Fsp3) is 0.350. The highest BCUT2D eigenvalue weighted by atomic mass is 16.6. The van der Waals surface area contributed by atoms with Gasteiger partial charge in [-0.25, -0.2) is 9.78 Å². The van der Waals surface area contributed by atoms with Gasteiger partial charge in [-0.3, -0.25) is 9.69 Å². The number of nitrogens with zero attached hydrogens (tertiary/aromatic N) is 2. The first kappa shape index (κ1) is 17.9. The van der Waals surface area contributed by atoms with Crippen LogP contribution in [0, 0.1) is 6.92 Å². The maximum Gasteiger partial charge on any atom is 0.410 e. The third-order valence-electron chi connectivity index (χ3n) is 4.80. The first-order valence-corrected chi connectivity index (χ1v) is 8.72. The van der Waals surface area contributed by atoms with Gasteiger partial charge in [-0.15, -0.1) is 0 Å². The molecule has 1 N–H and O–H groups in total. The summed E-state index contributed by atoms with van der Waals surface area (Å²) in [6.45, 7) is 4.34. The minimum Gasteiger partial charge on any atom is -0.445 e. The average Bonchev–Trinajstić information content (AvgIpc) is 3.05. The summed E-state index contributed by atoms with van der Waals surface area (Å²) in [5, 5.41) is 2.85. The number of carbonyl (C=O) groups excluding carboxylic acids is 2. The Balaban J connectivity index is 1.68. The first-order valence-electron chi connectivity index (χ1n) is 8.72. The Bertz CT molecular complexity index is 794. The minimum absolute atomic E-state index is 0.188. The van der Waals surface area contributed by atoms with E-state index in [1.807, 2.05) is 49.4 Å². The molecule has 2 aromatic rings. The van der Waals surface area contributed by atoms with E-state index >= 15 is 0 Å². The molecule has 1 unspecified atom stereocenters. The number of pyridine rings is 1. The van der Waals surface area contributed by atoms with Crippen molar-refractivity contribution < 1.29 is 14.3 Å². The molecule has 1 saturated heterocycles. The highest BCUT2D eigenvalue weighted by Gasteiger charge is 2.46. The lowest BCUT2D eigenvalue weighted by molar-refractivity contribution is -0.125. The van der Waals surface area contributed by atoms with Crippen LogP contribution in [0.3, 0.4) is 0 Å². The molecule has 0 aliphatic carbocycles. The molecule has 136 valence electrons. The quantitative estimate of drug-likeness (QED) is 0.913. The second kappa shape index (κ2) is 7.56. The SMILES string of the molecule is Cc1cccnc1NC(=O)C1(C)CCCN1C(=O)OCc1ccccc1. The lowest BCUT2D eigenvalue weighted by Crippen LogP contribution is -2.53. The smallest absolute Gasteiger partial charge is 0.410 e. The van der Waals surface area contributed by atoms with E-state index in [2.05, 4.69) is 10.3 Å². The van der Waals surface area contributed by atoms with Gasteiger partial charge in [-0.05, 0) is 43.9 Å². The van der Waals surface area contributed by atoms with Gasteiger partial charge in [0.25, 0.3) is 5.91 Å². The van der Waals surface area contributed by atoms with Crippen molar-refractivity contribution in [3.8, 4) is 0 Å². The molecule has 6 nitrogen and oxygen atoms in total. The number of amides is 2. The van der Waals surface area contributed by atoms with Gasteiger partial charge in [-0.1, -0.05) is 36.4 Å². The third kappa shape index (κ3) is 3.69. The summed E-state index contributed by atoms with van der Waals surface area (Å²) in [6.07, 6.45) is 2.50. The van der Waals surface area contributed by atoms with Crippen molar-refractivity contribution >= 4 is 17.8 Å². The Morgan fingerprint density at radius 1 is 1.23 bits per heavy atom. The maximum absolute atomic E-state index is 12.9. The Labute approximate surface area is 153 Å². The number of hydrogen-bond acceptors (Lipinski definition) is 4. The molecular weight excluding hydrogens is 330 g/mol. The predicted octanol–water partition coefficient (Wildman–Crippen LogP) is 3.52. The zero-order chi connectivity index (χ0) is 18.6. The Hall–Kier alpha value is -2.89.